The Labute approximate surface area is 76.1 Å². The van der Waals surface area contributed by atoms with E-state index < -0.39 is 0 Å². The Kier molecular flexibility index (Phi) is 2.53. The summed E-state index contributed by atoms with van der Waals surface area (Å²) in [5, 5.41) is 0. The first-order valence-electron chi connectivity index (χ1n) is 5.60. The minimum atomic E-state index is 0.973. The number of rotatable bonds is 3. The van der Waals surface area contributed by atoms with Crippen LogP contribution in [0, 0.1) is 11.8 Å². The van der Waals surface area contributed by atoms with E-state index in [0.717, 1.165) is 11.8 Å². The minimum Gasteiger partial charge on any atom is -0.0850 e. The maximum Gasteiger partial charge on any atom is -0.0177 e. The first-order valence-corrected chi connectivity index (χ1v) is 5.60. The molecular weight excluding hydrogens is 144 g/mol. The molecule has 0 aromatic heterocycles. The summed E-state index contributed by atoms with van der Waals surface area (Å²) in [4.78, 5) is 0. The molecule has 2 aliphatic carbocycles. The van der Waals surface area contributed by atoms with Crippen molar-refractivity contribution in [3.05, 3.63) is 11.6 Å². The Morgan fingerprint density at radius 3 is 2.67 bits per heavy atom. The highest BCUT2D eigenvalue weighted by Gasteiger charge is 2.28. The van der Waals surface area contributed by atoms with E-state index in [1.54, 1.807) is 0 Å². The van der Waals surface area contributed by atoms with Gasteiger partial charge in [0.05, 0.1) is 0 Å². The van der Waals surface area contributed by atoms with Gasteiger partial charge in [-0.2, -0.15) is 0 Å². The molecular formula is C12H20. The fraction of sp³-hybridized carbons (Fsp3) is 0.833. The molecule has 0 nitrogen and oxygen atoms in total. The van der Waals surface area contributed by atoms with Crippen LogP contribution in [0.15, 0.2) is 11.6 Å². The average molecular weight is 164 g/mol. The first-order chi connectivity index (χ1) is 5.92. The van der Waals surface area contributed by atoms with Crippen LogP contribution in [-0.2, 0) is 0 Å². The summed E-state index contributed by atoms with van der Waals surface area (Å²) >= 11 is 0. The molecule has 0 heteroatoms. The van der Waals surface area contributed by atoms with Crippen LogP contribution in [0.3, 0.4) is 0 Å². The summed E-state index contributed by atoms with van der Waals surface area (Å²) in [6, 6.07) is 0. The quantitative estimate of drug-likeness (QED) is 0.554. The zero-order valence-corrected chi connectivity index (χ0v) is 8.18. The summed E-state index contributed by atoms with van der Waals surface area (Å²) in [5.41, 5.74) is 1.81. The molecule has 1 saturated carbocycles. The van der Waals surface area contributed by atoms with Crippen molar-refractivity contribution >= 4 is 0 Å². The Morgan fingerprint density at radius 1 is 1.42 bits per heavy atom. The molecule has 0 heterocycles. The molecule has 0 N–H and O–H groups in total. The lowest BCUT2D eigenvalue weighted by molar-refractivity contribution is 0.225. The predicted molar refractivity (Wildman–Crippen MR) is 53.1 cm³/mol. The van der Waals surface area contributed by atoms with Crippen molar-refractivity contribution < 1.29 is 0 Å². The monoisotopic (exact) mass is 164 g/mol. The molecule has 0 spiro atoms. The molecule has 1 atom stereocenters. The van der Waals surface area contributed by atoms with E-state index in [1.807, 2.05) is 5.57 Å². The van der Waals surface area contributed by atoms with Gasteiger partial charge in [-0.25, -0.2) is 0 Å². The lowest BCUT2D eigenvalue weighted by Crippen LogP contribution is -2.22. The molecule has 0 saturated heterocycles. The highest BCUT2D eigenvalue weighted by molar-refractivity contribution is 5.13. The second-order valence-electron chi connectivity index (χ2n) is 4.38. The molecule has 0 amide bonds. The highest BCUT2D eigenvalue weighted by Crippen LogP contribution is 2.41. The fourth-order valence-electron chi connectivity index (χ4n) is 2.77. The van der Waals surface area contributed by atoms with E-state index in [2.05, 4.69) is 13.0 Å². The number of hydrogen-bond donors (Lipinski definition) is 0. The lowest BCUT2D eigenvalue weighted by atomic mass is 9.71. The second kappa shape index (κ2) is 3.64. The molecule has 12 heavy (non-hydrogen) atoms. The zero-order valence-electron chi connectivity index (χ0n) is 8.18. The van der Waals surface area contributed by atoms with Crippen molar-refractivity contribution in [2.45, 2.75) is 51.9 Å². The minimum absolute atomic E-state index is 0.973. The Morgan fingerprint density at radius 2 is 2.25 bits per heavy atom. The third-order valence-electron chi connectivity index (χ3n) is 3.71. The molecule has 0 radical (unpaired) electrons. The van der Waals surface area contributed by atoms with Crippen LogP contribution in [0.4, 0.5) is 0 Å². The molecule has 0 aromatic carbocycles. The first kappa shape index (κ1) is 8.34. The molecule has 68 valence electrons. The van der Waals surface area contributed by atoms with E-state index in [1.165, 1.54) is 44.9 Å². The van der Waals surface area contributed by atoms with Crippen molar-refractivity contribution in [3.63, 3.8) is 0 Å². The Bertz CT molecular complexity index is 174. The van der Waals surface area contributed by atoms with Crippen molar-refractivity contribution in [1.82, 2.24) is 0 Å². The van der Waals surface area contributed by atoms with E-state index in [9.17, 15) is 0 Å². The van der Waals surface area contributed by atoms with E-state index in [4.69, 9.17) is 0 Å². The maximum atomic E-state index is 2.52. The van der Waals surface area contributed by atoms with Gasteiger partial charge in [0.1, 0.15) is 0 Å². The van der Waals surface area contributed by atoms with Gasteiger partial charge in [0.15, 0.2) is 0 Å². The summed E-state index contributed by atoms with van der Waals surface area (Å²) in [5.74, 6) is 2.04. The SMILES string of the molecule is CCC(C1=CCCC1)C1CCC1. The van der Waals surface area contributed by atoms with Gasteiger partial charge in [-0.15, -0.1) is 0 Å². The van der Waals surface area contributed by atoms with Crippen molar-refractivity contribution in [1.29, 1.82) is 0 Å². The molecule has 2 aliphatic rings. The van der Waals surface area contributed by atoms with E-state index in [-0.39, 0.29) is 0 Å². The van der Waals surface area contributed by atoms with Gasteiger partial charge in [0.2, 0.25) is 0 Å². The van der Waals surface area contributed by atoms with Crippen LogP contribution >= 0.6 is 0 Å². The van der Waals surface area contributed by atoms with E-state index >= 15 is 0 Å². The van der Waals surface area contributed by atoms with Crippen LogP contribution in [0.2, 0.25) is 0 Å². The maximum absolute atomic E-state index is 2.52. The van der Waals surface area contributed by atoms with Gasteiger partial charge in [-0.3, -0.25) is 0 Å². The Hall–Kier alpha value is -0.260. The van der Waals surface area contributed by atoms with Gasteiger partial charge in [-0.1, -0.05) is 25.0 Å². The summed E-state index contributed by atoms with van der Waals surface area (Å²) in [6.45, 7) is 2.36. The zero-order chi connectivity index (χ0) is 8.39. The highest BCUT2D eigenvalue weighted by atomic mass is 14.3. The van der Waals surface area contributed by atoms with Gasteiger partial charge in [-0.05, 0) is 50.4 Å². The van der Waals surface area contributed by atoms with Gasteiger partial charge >= 0.3 is 0 Å². The summed E-state index contributed by atoms with van der Waals surface area (Å²) in [7, 11) is 0. The van der Waals surface area contributed by atoms with Crippen LogP contribution < -0.4 is 0 Å². The molecule has 0 aliphatic heterocycles. The fourth-order valence-corrected chi connectivity index (χ4v) is 2.77. The lowest BCUT2D eigenvalue weighted by Gasteiger charge is -2.34. The topological polar surface area (TPSA) is 0 Å². The van der Waals surface area contributed by atoms with Crippen molar-refractivity contribution in [3.8, 4) is 0 Å². The predicted octanol–water partition coefficient (Wildman–Crippen LogP) is 3.92. The van der Waals surface area contributed by atoms with Gasteiger partial charge < -0.3 is 0 Å². The standard InChI is InChI=1S/C12H20/c1-2-12(11-8-5-9-11)10-6-3-4-7-10/h6,11-12H,2-5,7-9H2,1H3. The molecule has 1 fully saturated rings. The summed E-state index contributed by atoms with van der Waals surface area (Å²) < 4.78 is 0. The largest absolute Gasteiger partial charge is 0.0850 e. The van der Waals surface area contributed by atoms with Crippen LogP contribution in [0.1, 0.15) is 51.9 Å². The number of hydrogen-bond acceptors (Lipinski definition) is 0. The third kappa shape index (κ3) is 1.44. The van der Waals surface area contributed by atoms with E-state index in [0.29, 0.717) is 0 Å². The second-order valence-corrected chi connectivity index (χ2v) is 4.38. The molecule has 0 aromatic rings. The van der Waals surface area contributed by atoms with Gasteiger partial charge in [0, 0.05) is 0 Å². The smallest absolute Gasteiger partial charge is 0.0177 e. The molecule has 2 rings (SSSR count). The van der Waals surface area contributed by atoms with Crippen molar-refractivity contribution in [2.24, 2.45) is 11.8 Å². The number of allylic oxidation sites excluding steroid dienone is 2. The molecule has 0 bridgehead atoms. The van der Waals surface area contributed by atoms with Crippen LogP contribution in [-0.4, -0.2) is 0 Å². The van der Waals surface area contributed by atoms with Crippen LogP contribution in [0.5, 0.6) is 0 Å². The summed E-state index contributed by atoms with van der Waals surface area (Å²) in [6.07, 6.45) is 12.6. The van der Waals surface area contributed by atoms with Gasteiger partial charge in [0.25, 0.3) is 0 Å². The normalized spacial score (nSPS) is 26.6. The molecule has 1 unspecified atom stereocenters. The third-order valence-corrected chi connectivity index (χ3v) is 3.71. The Balaban J connectivity index is 1.96. The average Bonchev–Trinajstić information content (AvgIpc) is 2.47. The van der Waals surface area contributed by atoms with Crippen LogP contribution in [0.25, 0.3) is 0 Å². The van der Waals surface area contributed by atoms with Crippen molar-refractivity contribution in [2.75, 3.05) is 0 Å².